The first-order chi connectivity index (χ1) is 9.43. The largest absolute Gasteiger partial charge is 0.399 e. The Morgan fingerprint density at radius 1 is 1.50 bits per heavy atom. The van der Waals surface area contributed by atoms with Crippen LogP contribution in [0.1, 0.15) is 20.3 Å². The van der Waals surface area contributed by atoms with Gasteiger partial charge in [-0.15, -0.1) is 0 Å². The van der Waals surface area contributed by atoms with Crippen molar-refractivity contribution in [2.45, 2.75) is 26.3 Å². The van der Waals surface area contributed by atoms with Gasteiger partial charge in [-0.2, -0.15) is 0 Å². The number of anilines is 2. The number of nitrogens with zero attached hydrogens (tertiary/aromatic N) is 1. The highest BCUT2D eigenvalue weighted by atomic mass is 79.9. The molecular formula is C14H22BrN3O2. The number of nitrogen functional groups attached to an aromatic ring is 1. The van der Waals surface area contributed by atoms with Crippen molar-refractivity contribution in [2.75, 3.05) is 30.7 Å². The summed E-state index contributed by atoms with van der Waals surface area (Å²) in [5.74, 6) is -0.0814. The van der Waals surface area contributed by atoms with E-state index >= 15 is 0 Å². The predicted molar refractivity (Wildman–Crippen MR) is 85.6 cm³/mol. The van der Waals surface area contributed by atoms with Crippen LogP contribution in [0, 0.1) is 0 Å². The quantitative estimate of drug-likeness (QED) is 0.662. The van der Waals surface area contributed by atoms with Crippen molar-refractivity contribution in [1.29, 1.82) is 0 Å². The molecule has 0 atom stereocenters. The molecule has 0 unspecified atom stereocenters. The van der Waals surface area contributed by atoms with E-state index in [4.69, 9.17) is 10.8 Å². The first kappa shape index (κ1) is 16.9. The van der Waals surface area contributed by atoms with Gasteiger partial charge in [0.15, 0.2) is 0 Å². The number of rotatable bonds is 7. The topological polar surface area (TPSA) is 78.6 Å². The van der Waals surface area contributed by atoms with Gasteiger partial charge >= 0.3 is 0 Å². The zero-order valence-electron chi connectivity index (χ0n) is 11.9. The summed E-state index contributed by atoms with van der Waals surface area (Å²) in [5.41, 5.74) is 7.00. The number of aliphatic hydroxyl groups excluding tert-OH is 1. The molecule has 0 saturated carbocycles. The number of aliphatic hydroxyl groups is 1. The van der Waals surface area contributed by atoms with Crippen LogP contribution in [0.4, 0.5) is 11.4 Å². The highest BCUT2D eigenvalue weighted by Gasteiger charge is 2.14. The summed E-state index contributed by atoms with van der Waals surface area (Å²) < 4.78 is 0.761. The van der Waals surface area contributed by atoms with Crippen LogP contribution in [-0.4, -0.2) is 41.7 Å². The van der Waals surface area contributed by atoms with Crippen molar-refractivity contribution in [3.63, 3.8) is 0 Å². The number of hydrogen-bond acceptors (Lipinski definition) is 4. The second-order valence-corrected chi connectivity index (χ2v) is 5.78. The van der Waals surface area contributed by atoms with E-state index in [2.05, 4.69) is 21.2 Å². The molecule has 0 bridgehead atoms. The van der Waals surface area contributed by atoms with Gasteiger partial charge in [-0.25, -0.2) is 0 Å². The molecule has 0 aliphatic carbocycles. The van der Waals surface area contributed by atoms with Crippen LogP contribution in [0.3, 0.4) is 0 Å². The lowest BCUT2D eigenvalue weighted by molar-refractivity contribution is -0.117. The molecule has 0 aromatic heterocycles. The van der Waals surface area contributed by atoms with E-state index in [-0.39, 0.29) is 18.6 Å². The summed E-state index contributed by atoms with van der Waals surface area (Å²) in [5, 5.41) is 11.7. The summed E-state index contributed by atoms with van der Waals surface area (Å²) in [6.07, 6.45) is 0.664. The van der Waals surface area contributed by atoms with Gasteiger partial charge in [0, 0.05) is 29.4 Å². The molecule has 1 amide bonds. The van der Waals surface area contributed by atoms with Crippen molar-refractivity contribution in [2.24, 2.45) is 0 Å². The highest BCUT2D eigenvalue weighted by molar-refractivity contribution is 9.10. The van der Waals surface area contributed by atoms with Crippen molar-refractivity contribution in [1.82, 2.24) is 4.90 Å². The number of amides is 1. The fraction of sp³-hybridized carbons (Fsp3) is 0.500. The van der Waals surface area contributed by atoms with Crippen LogP contribution < -0.4 is 11.1 Å². The van der Waals surface area contributed by atoms with Gasteiger partial charge < -0.3 is 16.2 Å². The molecule has 0 radical (unpaired) electrons. The zero-order chi connectivity index (χ0) is 15.1. The molecule has 0 saturated heterocycles. The standard InChI is InChI=1S/C14H22BrN3O2/c1-10(2)18(6-3-7-19)9-14(20)17-13-5-4-11(16)8-12(13)15/h4-5,8,10,19H,3,6-7,9,16H2,1-2H3,(H,17,20). The van der Waals surface area contributed by atoms with Crippen molar-refractivity contribution in [3.05, 3.63) is 22.7 Å². The monoisotopic (exact) mass is 343 g/mol. The summed E-state index contributed by atoms with van der Waals surface area (Å²) in [6, 6.07) is 5.51. The van der Waals surface area contributed by atoms with Gasteiger partial charge in [-0.05, 0) is 54.4 Å². The number of carbonyl (C=O) groups excluding carboxylic acids is 1. The van der Waals surface area contributed by atoms with E-state index in [9.17, 15) is 4.79 Å². The van der Waals surface area contributed by atoms with E-state index in [0.29, 0.717) is 30.9 Å². The average molecular weight is 344 g/mol. The van der Waals surface area contributed by atoms with Crippen LogP contribution in [0.25, 0.3) is 0 Å². The molecule has 112 valence electrons. The Morgan fingerprint density at radius 2 is 2.20 bits per heavy atom. The number of hydrogen-bond donors (Lipinski definition) is 3. The third-order valence-corrected chi connectivity index (χ3v) is 3.60. The number of halogens is 1. The second kappa shape index (κ2) is 8.24. The minimum atomic E-state index is -0.0814. The highest BCUT2D eigenvalue weighted by Crippen LogP contribution is 2.24. The van der Waals surface area contributed by atoms with Gasteiger partial charge in [0.2, 0.25) is 5.91 Å². The van der Waals surface area contributed by atoms with E-state index < -0.39 is 0 Å². The van der Waals surface area contributed by atoms with Gasteiger partial charge in [-0.3, -0.25) is 9.69 Å². The summed E-state index contributed by atoms with van der Waals surface area (Å²) in [7, 11) is 0. The summed E-state index contributed by atoms with van der Waals surface area (Å²) >= 11 is 3.37. The average Bonchev–Trinajstić information content (AvgIpc) is 2.37. The summed E-state index contributed by atoms with van der Waals surface area (Å²) in [6.45, 7) is 5.20. The van der Waals surface area contributed by atoms with E-state index in [0.717, 1.165) is 4.47 Å². The zero-order valence-corrected chi connectivity index (χ0v) is 13.5. The maximum atomic E-state index is 12.1. The smallest absolute Gasteiger partial charge is 0.238 e. The molecule has 0 heterocycles. The van der Waals surface area contributed by atoms with Gasteiger partial charge in [0.05, 0.1) is 12.2 Å². The molecule has 5 nitrogen and oxygen atoms in total. The molecule has 0 fully saturated rings. The normalized spacial score (nSPS) is 11.1. The fourth-order valence-electron chi connectivity index (χ4n) is 1.80. The summed E-state index contributed by atoms with van der Waals surface area (Å²) in [4.78, 5) is 14.1. The van der Waals surface area contributed by atoms with Crippen LogP contribution in [-0.2, 0) is 4.79 Å². The number of benzene rings is 1. The molecule has 20 heavy (non-hydrogen) atoms. The molecule has 0 spiro atoms. The predicted octanol–water partition coefficient (Wildman–Crippen LogP) is 2.06. The molecule has 1 aromatic rings. The van der Waals surface area contributed by atoms with Crippen molar-refractivity contribution < 1.29 is 9.90 Å². The van der Waals surface area contributed by atoms with Crippen molar-refractivity contribution in [3.8, 4) is 0 Å². The molecule has 0 aliphatic rings. The molecule has 4 N–H and O–H groups in total. The SMILES string of the molecule is CC(C)N(CCCO)CC(=O)Nc1ccc(N)cc1Br. The van der Waals surface area contributed by atoms with Crippen LogP contribution >= 0.6 is 15.9 Å². The minimum Gasteiger partial charge on any atom is -0.399 e. The lowest BCUT2D eigenvalue weighted by Crippen LogP contribution is -2.39. The minimum absolute atomic E-state index is 0.0814. The Hall–Kier alpha value is -1.11. The van der Waals surface area contributed by atoms with Crippen LogP contribution in [0.5, 0.6) is 0 Å². The Kier molecular flexibility index (Phi) is 6.98. The first-order valence-corrected chi connectivity index (χ1v) is 7.43. The Balaban J connectivity index is 2.61. The van der Waals surface area contributed by atoms with Gasteiger partial charge in [0.25, 0.3) is 0 Å². The lowest BCUT2D eigenvalue weighted by atomic mass is 10.2. The number of nitrogens with one attached hydrogen (secondary N) is 1. The maximum absolute atomic E-state index is 12.1. The Bertz CT molecular complexity index is 452. The third-order valence-electron chi connectivity index (χ3n) is 2.95. The Labute approximate surface area is 128 Å². The first-order valence-electron chi connectivity index (χ1n) is 6.63. The van der Waals surface area contributed by atoms with Crippen LogP contribution in [0.2, 0.25) is 0 Å². The lowest BCUT2D eigenvalue weighted by Gasteiger charge is -2.25. The molecule has 6 heteroatoms. The fourth-order valence-corrected chi connectivity index (χ4v) is 2.30. The Morgan fingerprint density at radius 3 is 2.75 bits per heavy atom. The molecular weight excluding hydrogens is 322 g/mol. The number of nitrogens with two attached hydrogens (primary N) is 1. The molecule has 1 rings (SSSR count). The van der Waals surface area contributed by atoms with E-state index in [1.165, 1.54) is 0 Å². The molecule has 1 aromatic carbocycles. The van der Waals surface area contributed by atoms with Crippen molar-refractivity contribution >= 4 is 33.2 Å². The number of carbonyl (C=O) groups is 1. The van der Waals surface area contributed by atoms with E-state index in [1.807, 2.05) is 18.7 Å². The van der Waals surface area contributed by atoms with E-state index in [1.54, 1.807) is 18.2 Å². The van der Waals surface area contributed by atoms with Crippen LogP contribution in [0.15, 0.2) is 22.7 Å². The third kappa shape index (κ3) is 5.48. The molecule has 0 aliphatic heterocycles. The second-order valence-electron chi connectivity index (χ2n) is 4.93. The van der Waals surface area contributed by atoms with Gasteiger partial charge in [-0.1, -0.05) is 0 Å². The van der Waals surface area contributed by atoms with Gasteiger partial charge in [0.1, 0.15) is 0 Å². The maximum Gasteiger partial charge on any atom is 0.238 e.